The third-order valence-corrected chi connectivity index (χ3v) is 5.23. The van der Waals surface area contributed by atoms with Crippen molar-refractivity contribution in [1.29, 1.82) is 0 Å². The second kappa shape index (κ2) is 11.6. The topological polar surface area (TPSA) is 53.0 Å². The van der Waals surface area contributed by atoms with Crippen LogP contribution in [0.5, 0.6) is 5.75 Å². The fourth-order valence-corrected chi connectivity index (χ4v) is 3.51. The summed E-state index contributed by atoms with van der Waals surface area (Å²) < 4.78 is 5.83. The Morgan fingerprint density at radius 1 is 0.862 bits per heavy atom. The van der Waals surface area contributed by atoms with Crippen molar-refractivity contribution < 1.29 is 14.6 Å². The van der Waals surface area contributed by atoms with E-state index in [1.807, 2.05) is 12.1 Å². The number of rotatable bonds is 9. The Kier molecular flexibility index (Phi) is 9.13. The molecule has 0 radical (unpaired) electrons. The first-order chi connectivity index (χ1) is 13.7. The zero-order valence-electron chi connectivity index (χ0n) is 17.0. The molecule has 2 aromatic carbocycles. The summed E-state index contributed by atoms with van der Waals surface area (Å²) in [6, 6.07) is 15.5. The molecule has 0 aromatic heterocycles. The number of carboxylic acids is 1. The molecule has 3 rings (SSSR count). The first-order valence-corrected chi connectivity index (χ1v) is 10.2. The molecule has 6 heteroatoms. The highest BCUT2D eigenvalue weighted by molar-refractivity contribution is 5.88. The van der Waals surface area contributed by atoms with Gasteiger partial charge in [-0.3, -0.25) is 0 Å². The molecule has 0 saturated carbocycles. The van der Waals surface area contributed by atoms with Crippen molar-refractivity contribution >= 4 is 29.8 Å². The lowest BCUT2D eigenvalue weighted by Crippen LogP contribution is -2.46. The summed E-state index contributed by atoms with van der Waals surface area (Å²) in [6.07, 6.45) is 4.87. The van der Waals surface area contributed by atoms with Crippen molar-refractivity contribution in [2.24, 2.45) is 0 Å². The average Bonchev–Trinajstić information content (AvgIpc) is 2.74. The molecular weight excluding hydrogens is 388 g/mol. The molecule has 1 N–H and O–H groups in total. The maximum absolute atomic E-state index is 11.0. The monoisotopic (exact) mass is 418 g/mol. The van der Waals surface area contributed by atoms with E-state index in [0.29, 0.717) is 5.56 Å². The van der Waals surface area contributed by atoms with Crippen molar-refractivity contribution in [2.45, 2.75) is 32.6 Å². The van der Waals surface area contributed by atoms with Gasteiger partial charge in [0.1, 0.15) is 5.75 Å². The number of hydrogen-bond donors (Lipinski definition) is 1. The highest BCUT2D eigenvalue weighted by Crippen LogP contribution is 2.23. The molecule has 1 saturated heterocycles. The summed E-state index contributed by atoms with van der Waals surface area (Å²) in [4.78, 5) is 15.7. The number of anilines is 2. The Morgan fingerprint density at radius 2 is 1.38 bits per heavy atom. The SMILES string of the molecule is CCCCCCOc1ccc(N2CCN(c3ccc(C(=O)O)cc3)CC2)cc1.Cl. The molecule has 0 spiro atoms. The van der Waals surface area contributed by atoms with Crippen molar-refractivity contribution in [3.8, 4) is 5.75 Å². The molecule has 29 heavy (non-hydrogen) atoms. The Labute approximate surface area is 179 Å². The number of aromatic carboxylic acids is 1. The van der Waals surface area contributed by atoms with Crippen molar-refractivity contribution in [1.82, 2.24) is 0 Å². The molecule has 0 atom stereocenters. The minimum atomic E-state index is -0.884. The maximum atomic E-state index is 11.0. The van der Waals surface area contributed by atoms with E-state index in [1.54, 1.807) is 12.1 Å². The van der Waals surface area contributed by atoms with Gasteiger partial charge in [0.2, 0.25) is 0 Å². The smallest absolute Gasteiger partial charge is 0.335 e. The number of carboxylic acid groups (broad SMARTS) is 1. The molecule has 1 fully saturated rings. The van der Waals surface area contributed by atoms with Crippen LogP contribution in [-0.2, 0) is 0 Å². The fourth-order valence-electron chi connectivity index (χ4n) is 3.51. The highest BCUT2D eigenvalue weighted by atomic mass is 35.5. The minimum absolute atomic E-state index is 0. The molecule has 1 aliphatic rings. The average molecular weight is 419 g/mol. The van der Waals surface area contributed by atoms with Crippen LogP contribution in [0, 0.1) is 0 Å². The minimum Gasteiger partial charge on any atom is -0.494 e. The van der Waals surface area contributed by atoms with Crippen LogP contribution < -0.4 is 14.5 Å². The van der Waals surface area contributed by atoms with Crippen molar-refractivity contribution in [3.63, 3.8) is 0 Å². The van der Waals surface area contributed by atoms with Gasteiger partial charge in [0.15, 0.2) is 0 Å². The van der Waals surface area contributed by atoms with E-state index >= 15 is 0 Å². The first-order valence-electron chi connectivity index (χ1n) is 10.2. The van der Waals surface area contributed by atoms with E-state index in [-0.39, 0.29) is 12.4 Å². The maximum Gasteiger partial charge on any atom is 0.335 e. The number of carbonyl (C=O) groups is 1. The number of hydrogen-bond acceptors (Lipinski definition) is 4. The Bertz CT molecular complexity index is 742. The molecule has 2 aromatic rings. The van der Waals surface area contributed by atoms with Gasteiger partial charge in [0.05, 0.1) is 12.2 Å². The van der Waals surface area contributed by atoms with E-state index in [1.165, 1.54) is 24.9 Å². The highest BCUT2D eigenvalue weighted by Gasteiger charge is 2.18. The molecule has 0 aliphatic carbocycles. The lowest BCUT2D eigenvalue weighted by Gasteiger charge is -2.37. The Hall–Kier alpha value is -2.40. The number of benzene rings is 2. The number of nitrogens with zero attached hydrogens (tertiary/aromatic N) is 2. The van der Waals surface area contributed by atoms with E-state index in [0.717, 1.165) is 50.6 Å². The second-order valence-corrected chi connectivity index (χ2v) is 7.23. The molecule has 5 nitrogen and oxygen atoms in total. The third kappa shape index (κ3) is 6.57. The molecule has 158 valence electrons. The van der Waals surface area contributed by atoms with Crippen LogP contribution in [0.4, 0.5) is 11.4 Å². The van der Waals surface area contributed by atoms with Gasteiger partial charge in [0, 0.05) is 37.6 Å². The molecule has 1 heterocycles. The van der Waals surface area contributed by atoms with Gasteiger partial charge in [0.25, 0.3) is 0 Å². The summed E-state index contributed by atoms with van der Waals surface area (Å²) in [5, 5.41) is 9.02. The van der Waals surface area contributed by atoms with E-state index in [2.05, 4.69) is 41.0 Å². The number of ether oxygens (including phenoxy) is 1. The van der Waals surface area contributed by atoms with Crippen LogP contribution in [0.15, 0.2) is 48.5 Å². The van der Waals surface area contributed by atoms with Gasteiger partial charge in [-0.15, -0.1) is 12.4 Å². The number of halogens is 1. The molecule has 0 unspecified atom stereocenters. The van der Waals surface area contributed by atoms with Gasteiger partial charge in [-0.25, -0.2) is 4.79 Å². The van der Waals surface area contributed by atoms with Crippen LogP contribution >= 0.6 is 12.4 Å². The zero-order valence-corrected chi connectivity index (χ0v) is 17.9. The summed E-state index contributed by atoms with van der Waals surface area (Å²) in [7, 11) is 0. The van der Waals surface area contributed by atoms with Crippen LogP contribution in [0.3, 0.4) is 0 Å². The van der Waals surface area contributed by atoms with Crippen molar-refractivity contribution in [2.75, 3.05) is 42.6 Å². The molecule has 0 amide bonds. The standard InChI is InChI=1S/C23H30N2O3.ClH/c1-2-3-4-5-18-28-22-12-10-21(11-13-22)25-16-14-24(15-17-25)20-8-6-19(7-9-20)23(26)27;/h6-13H,2-5,14-18H2,1H3,(H,26,27);1H. The van der Waals surface area contributed by atoms with Crippen LogP contribution in [-0.4, -0.2) is 43.9 Å². The first kappa shape index (κ1) is 22.9. The lowest BCUT2D eigenvalue weighted by molar-refractivity contribution is 0.0697. The summed E-state index contributed by atoms with van der Waals surface area (Å²) in [5.41, 5.74) is 2.63. The Morgan fingerprint density at radius 3 is 1.86 bits per heavy atom. The summed E-state index contributed by atoms with van der Waals surface area (Å²) in [5.74, 6) is 0.0576. The molecule has 0 bridgehead atoms. The second-order valence-electron chi connectivity index (χ2n) is 7.23. The van der Waals surface area contributed by atoms with Crippen LogP contribution in [0.25, 0.3) is 0 Å². The predicted molar refractivity (Wildman–Crippen MR) is 121 cm³/mol. The molecular formula is C23H31ClN2O3. The third-order valence-electron chi connectivity index (χ3n) is 5.23. The summed E-state index contributed by atoms with van der Waals surface area (Å²) >= 11 is 0. The quantitative estimate of drug-likeness (QED) is 0.574. The van der Waals surface area contributed by atoms with Crippen LogP contribution in [0.1, 0.15) is 43.0 Å². The summed E-state index contributed by atoms with van der Waals surface area (Å²) in [6.45, 7) is 6.73. The normalized spacial score (nSPS) is 13.7. The number of unbranched alkanes of at least 4 members (excludes halogenated alkanes) is 3. The number of piperazine rings is 1. The zero-order chi connectivity index (χ0) is 19.8. The molecule has 1 aliphatic heterocycles. The Balaban J connectivity index is 0.00000300. The van der Waals surface area contributed by atoms with E-state index in [4.69, 9.17) is 9.84 Å². The fraction of sp³-hybridized carbons (Fsp3) is 0.435. The van der Waals surface area contributed by atoms with Gasteiger partial charge < -0.3 is 19.6 Å². The van der Waals surface area contributed by atoms with E-state index in [9.17, 15) is 4.79 Å². The van der Waals surface area contributed by atoms with E-state index < -0.39 is 5.97 Å². The van der Waals surface area contributed by atoms with Crippen molar-refractivity contribution in [3.05, 3.63) is 54.1 Å². The van der Waals surface area contributed by atoms with Gasteiger partial charge in [-0.1, -0.05) is 26.2 Å². The lowest BCUT2D eigenvalue weighted by atomic mass is 10.1. The van der Waals surface area contributed by atoms with Crippen LogP contribution in [0.2, 0.25) is 0 Å². The van der Waals surface area contributed by atoms with Gasteiger partial charge >= 0.3 is 5.97 Å². The predicted octanol–water partition coefficient (Wildman–Crippen LogP) is 5.09. The van der Waals surface area contributed by atoms with Gasteiger partial charge in [-0.05, 0) is 55.0 Å². The van der Waals surface area contributed by atoms with Gasteiger partial charge in [-0.2, -0.15) is 0 Å². The largest absolute Gasteiger partial charge is 0.494 e.